The summed E-state index contributed by atoms with van der Waals surface area (Å²) in [6.45, 7) is 3.57. The standard InChI is InChI=1S/C16H24ClN3O/c1-2-11-5-6-19(14(7-11)9-18)16(21)15-8-12(17)10-20(15)13-3-4-13/h8,10-11,13-14H,2-7,9,18H2,1H3. The number of amides is 1. The third-order valence-corrected chi connectivity index (χ3v) is 5.12. The average Bonchev–Trinajstić information content (AvgIpc) is 3.28. The van der Waals surface area contributed by atoms with Gasteiger partial charge in [-0.2, -0.15) is 0 Å². The second-order valence-corrected chi connectivity index (χ2v) is 6.81. The van der Waals surface area contributed by atoms with Gasteiger partial charge in [-0.25, -0.2) is 0 Å². The molecule has 5 heteroatoms. The first-order valence-corrected chi connectivity index (χ1v) is 8.40. The van der Waals surface area contributed by atoms with Gasteiger partial charge in [0.05, 0.1) is 5.02 Å². The molecule has 1 saturated carbocycles. The van der Waals surface area contributed by atoms with Crippen molar-refractivity contribution in [2.45, 2.75) is 51.1 Å². The summed E-state index contributed by atoms with van der Waals surface area (Å²) in [5.41, 5.74) is 6.65. The zero-order valence-corrected chi connectivity index (χ0v) is 13.4. The van der Waals surface area contributed by atoms with Crippen LogP contribution in [0.2, 0.25) is 5.02 Å². The van der Waals surface area contributed by atoms with E-state index in [0.29, 0.717) is 23.5 Å². The van der Waals surface area contributed by atoms with E-state index in [2.05, 4.69) is 11.5 Å². The van der Waals surface area contributed by atoms with E-state index in [-0.39, 0.29) is 11.9 Å². The topological polar surface area (TPSA) is 51.3 Å². The van der Waals surface area contributed by atoms with Crippen LogP contribution >= 0.6 is 11.6 Å². The largest absolute Gasteiger partial charge is 0.339 e. The van der Waals surface area contributed by atoms with Crippen LogP contribution < -0.4 is 5.73 Å². The van der Waals surface area contributed by atoms with Crippen molar-refractivity contribution in [2.24, 2.45) is 11.7 Å². The number of likely N-dealkylation sites (tertiary alicyclic amines) is 1. The molecule has 4 nitrogen and oxygen atoms in total. The Bertz CT molecular complexity index is 524. The highest BCUT2D eigenvalue weighted by Gasteiger charge is 2.34. The molecule has 2 N–H and O–H groups in total. The summed E-state index contributed by atoms with van der Waals surface area (Å²) in [5, 5.41) is 0.651. The quantitative estimate of drug-likeness (QED) is 0.929. The van der Waals surface area contributed by atoms with E-state index < -0.39 is 0 Å². The monoisotopic (exact) mass is 309 g/mol. The summed E-state index contributed by atoms with van der Waals surface area (Å²) >= 11 is 6.12. The highest BCUT2D eigenvalue weighted by molar-refractivity contribution is 6.31. The van der Waals surface area contributed by atoms with Crippen LogP contribution in [0.3, 0.4) is 0 Å². The Morgan fingerprint density at radius 3 is 2.81 bits per heavy atom. The van der Waals surface area contributed by atoms with E-state index >= 15 is 0 Å². The Hall–Kier alpha value is -1.00. The van der Waals surface area contributed by atoms with Gasteiger partial charge in [-0.3, -0.25) is 4.79 Å². The first kappa shape index (κ1) is 14.9. The number of nitrogens with two attached hydrogens (primary N) is 1. The molecule has 0 radical (unpaired) electrons. The summed E-state index contributed by atoms with van der Waals surface area (Å²) in [5.74, 6) is 0.792. The van der Waals surface area contributed by atoms with Crippen LogP contribution in [0, 0.1) is 5.92 Å². The minimum atomic E-state index is 0.0961. The molecule has 2 aliphatic rings. The maximum Gasteiger partial charge on any atom is 0.270 e. The normalized spacial score (nSPS) is 26.1. The Morgan fingerprint density at radius 2 is 2.19 bits per heavy atom. The van der Waals surface area contributed by atoms with Crippen LogP contribution in [-0.4, -0.2) is 34.5 Å². The first-order valence-electron chi connectivity index (χ1n) is 8.02. The van der Waals surface area contributed by atoms with Gasteiger partial charge >= 0.3 is 0 Å². The number of hydrogen-bond donors (Lipinski definition) is 1. The Morgan fingerprint density at radius 1 is 1.43 bits per heavy atom. The second-order valence-electron chi connectivity index (χ2n) is 6.37. The molecule has 1 saturated heterocycles. The highest BCUT2D eigenvalue weighted by Crippen LogP contribution is 2.38. The van der Waals surface area contributed by atoms with E-state index in [0.717, 1.165) is 37.9 Å². The number of carbonyl (C=O) groups excluding carboxylic acids is 1. The fraction of sp³-hybridized carbons (Fsp3) is 0.688. The summed E-state index contributed by atoms with van der Waals surface area (Å²) in [4.78, 5) is 14.9. The Kier molecular flexibility index (Phi) is 4.27. The van der Waals surface area contributed by atoms with Crippen molar-refractivity contribution in [3.63, 3.8) is 0 Å². The molecule has 1 aromatic rings. The fourth-order valence-corrected chi connectivity index (χ4v) is 3.62. The lowest BCUT2D eigenvalue weighted by molar-refractivity contribution is 0.0547. The zero-order valence-electron chi connectivity index (χ0n) is 12.6. The molecule has 1 aliphatic carbocycles. The summed E-state index contributed by atoms with van der Waals surface area (Å²) < 4.78 is 2.06. The first-order chi connectivity index (χ1) is 10.1. The van der Waals surface area contributed by atoms with Crippen molar-refractivity contribution in [1.29, 1.82) is 0 Å². The average molecular weight is 310 g/mol. The molecule has 0 spiro atoms. The van der Waals surface area contributed by atoms with Crippen molar-refractivity contribution >= 4 is 17.5 Å². The van der Waals surface area contributed by atoms with Crippen LogP contribution in [0.4, 0.5) is 0 Å². The van der Waals surface area contributed by atoms with Gasteiger partial charge in [-0.05, 0) is 37.7 Å². The summed E-state index contributed by atoms with van der Waals surface area (Å²) in [6.07, 6.45) is 7.45. The Labute approximate surface area is 131 Å². The predicted molar refractivity (Wildman–Crippen MR) is 84.6 cm³/mol. The number of rotatable bonds is 4. The minimum absolute atomic E-state index is 0.0961. The molecule has 1 amide bonds. The molecule has 21 heavy (non-hydrogen) atoms. The van der Waals surface area contributed by atoms with Gasteiger partial charge in [-0.1, -0.05) is 24.9 Å². The number of carbonyl (C=O) groups is 1. The molecular weight excluding hydrogens is 286 g/mol. The van der Waals surface area contributed by atoms with Crippen molar-refractivity contribution in [3.8, 4) is 0 Å². The van der Waals surface area contributed by atoms with Gasteiger partial charge in [-0.15, -0.1) is 0 Å². The number of halogens is 1. The van der Waals surface area contributed by atoms with E-state index in [4.69, 9.17) is 17.3 Å². The lowest BCUT2D eigenvalue weighted by Crippen LogP contribution is -2.49. The third-order valence-electron chi connectivity index (χ3n) is 4.91. The number of hydrogen-bond acceptors (Lipinski definition) is 2. The van der Waals surface area contributed by atoms with Crippen LogP contribution in [0.25, 0.3) is 0 Å². The second kappa shape index (κ2) is 6.01. The zero-order chi connectivity index (χ0) is 15.0. The SMILES string of the molecule is CCC1CCN(C(=O)c2cc(Cl)cn2C2CC2)C(CN)C1. The van der Waals surface area contributed by atoms with Gasteiger partial charge in [0, 0.05) is 31.4 Å². The van der Waals surface area contributed by atoms with Crippen LogP contribution in [0.5, 0.6) is 0 Å². The number of aromatic nitrogens is 1. The Balaban J connectivity index is 1.81. The number of piperidine rings is 1. The van der Waals surface area contributed by atoms with Gasteiger partial charge in [0.2, 0.25) is 0 Å². The van der Waals surface area contributed by atoms with Gasteiger partial charge in [0.25, 0.3) is 5.91 Å². The minimum Gasteiger partial charge on any atom is -0.339 e. The van der Waals surface area contributed by atoms with E-state index in [1.54, 1.807) is 0 Å². The van der Waals surface area contributed by atoms with Crippen LogP contribution in [0.1, 0.15) is 55.6 Å². The fourth-order valence-electron chi connectivity index (χ4n) is 3.41. The molecule has 3 rings (SSSR count). The van der Waals surface area contributed by atoms with E-state index in [1.807, 2.05) is 17.2 Å². The van der Waals surface area contributed by atoms with Crippen molar-refractivity contribution in [3.05, 3.63) is 23.0 Å². The lowest BCUT2D eigenvalue weighted by Gasteiger charge is -2.39. The summed E-state index contributed by atoms with van der Waals surface area (Å²) in [6, 6.07) is 2.43. The van der Waals surface area contributed by atoms with Crippen LogP contribution in [-0.2, 0) is 0 Å². The smallest absolute Gasteiger partial charge is 0.270 e. The van der Waals surface area contributed by atoms with E-state index in [1.165, 1.54) is 6.42 Å². The molecule has 1 aliphatic heterocycles. The molecular formula is C16H24ClN3O. The van der Waals surface area contributed by atoms with E-state index in [9.17, 15) is 4.79 Å². The molecule has 2 fully saturated rings. The molecule has 2 heterocycles. The van der Waals surface area contributed by atoms with Gasteiger partial charge < -0.3 is 15.2 Å². The number of nitrogens with zero attached hydrogens (tertiary/aromatic N) is 2. The molecule has 2 atom stereocenters. The summed E-state index contributed by atoms with van der Waals surface area (Å²) in [7, 11) is 0. The highest BCUT2D eigenvalue weighted by atomic mass is 35.5. The predicted octanol–water partition coefficient (Wildman–Crippen LogP) is 3.07. The molecule has 0 bridgehead atoms. The third kappa shape index (κ3) is 2.97. The van der Waals surface area contributed by atoms with Crippen molar-refractivity contribution in [1.82, 2.24) is 9.47 Å². The van der Waals surface area contributed by atoms with Gasteiger partial charge in [0.15, 0.2) is 0 Å². The van der Waals surface area contributed by atoms with Crippen molar-refractivity contribution in [2.75, 3.05) is 13.1 Å². The maximum atomic E-state index is 12.9. The molecule has 0 aromatic carbocycles. The molecule has 2 unspecified atom stereocenters. The maximum absolute atomic E-state index is 12.9. The molecule has 1 aromatic heterocycles. The molecule has 116 valence electrons. The lowest BCUT2D eigenvalue weighted by atomic mass is 9.88. The van der Waals surface area contributed by atoms with Crippen LogP contribution in [0.15, 0.2) is 12.3 Å². The van der Waals surface area contributed by atoms with Gasteiger partial charge in [0.1, 0.15) is 5.69 Å². The van der Waals surface area contributed by atoms with Crippen molar-refractivity contribution < 1.29 is 4.79 Å².